The van der Waals surface area contributed by atoms with Crippen molar-refractivity contribution < 1.29 is 13.7 Å². The molecule has 2 aromatic heterocycles. The number of aromatic amines is 1. The molecule has 5 nitrogen and oxygen atoms in total. The van der Waals surface area contributed by atoms with E-state index < -0.39 is 11.8 Å². The van der Waals surface area contributed by atoms with E-state index in [0.717, 1.165) is 4.90 Å². The zero-order valence-corrected chi connectivity index (χ0v) is 13.3. The zero-order valence-electron chi connectivity index (χ0n) is 13.3. The minimum atomic E-state index is -1.89. The van der Waals surface area contributed by atoms with Crippen LogP contribution in [0.15, 0.2) is 55.0 Å². The van der Waals surface area contributed by atoms with E-state index in [1.54, 1.807) is 36.4 Å². The molecule has 2 amide bonds. The molecule has 0 atom stereocenters. The van der Waals surface area contributed by atoms with Gasteiger partial charge in [0.2, 0.25) is 0 Å². The largest absolute Gasteiger partial charge is 0.360 e. The first-order valence-corrected chi connectivity index (χ1v) is 8.05. The molecule has 0 aliphatic heterocycles. The average molecular weight is 342 g/mol. The molecule has 25 heavy (non-hydrogen) atoms. The molecular weight excluding hydrogens is 326 g/mol. The first-order valence-electron chi connectivity index (χ1n) is 8.05. The van der Waals surface area contributed by atoms with Gasteiger partial charge in [0.1, 0.15) is 5.69 Å². The minimum absolute atomic E-state index is 0.00845. The first-order chi connectivity index (χ1) is 12.1. The standard InChI is InChI=1S/C18H16F2N4O/c19-18(8-4-9-18)23(13-5-3-10-21-11-13)17(25)24(20)16-12-22-15-7-2-1-6-14(15)16/h1-3,5-7,10-12,22H,4,8-9H2. The van der Waals surface area contributed by atoms with E-state index in [1.807, 2.05) is 0 Å². The summed E-state index contributed by atoms with van der Waals surface area (Å²) in [7, 11) is 0. The number of anilines is 2. The maximum atomic E-state index is 15.1. The highest BCUT2D eigenvalue weighted by molar-refractivity contribution is 6.07. The van der Waals surface area contributed by atoms with Gasteiger partial charge in [0.05, 0.1) is 11.9 Å². The van der Waals surface area contributed by atoms with Gasteiger partial charge in [0.25, 0.3) is 0 Å². The molecule has 1 N–H and O–H groups in total. The number of amides is 2. The van der Waals surface area contributed by atoms with E-state index in [2.05, 4.69) is 9.97 Å². The Balaban J connectivity index is 1.73. The number of carbonyl (C=O) groups is 1. The monoisotopic (exact) mass is 342 g/mol. The maximum absolute atomic E-state index is 15.1. The van der Waals surface area contributed by atoms with Crippen molar-refractivity contribution in [1.29, 1.82) is 0 Å². The summed E-state index contributed by atoms with van der Waals surface area (Å²) in [4.78, 5) is 20.5. The van der Waals surface area contributed by atoms with Crippen LogP contribution in [0, 0.1) is 0 Å². The summed E-state index contributed by atoms with van der Waals surface area (Å²) < 4.78 is 30.1. The Kier molecular flexibility index (Phi) is 3.63. The van der Waals surface area contributed by atoms with Gasteiger partial charge in [0, 0.05) is 36.1 Å². The first kappa shape index (κ1) is 15.6. The zero-order chi connectivity index (χ0) is 17.4. The van der Waals surface area contributed by atoms with E-state index >= 15 is 4.39 Å². The quantitative estimate of drug-likeness (QED) is 0.552. The molecule has 1 fully saturated rings. The maximum Gasteiger partial charge on any atom is 0.360 e. The van der Waals surface area contributed by atoms with Crippen LogP contribution in [0.25, 0.3) is 10.9 Å². The van der Waals surface area contributed by atoms with Crippen LogP contribution in [0.3, 0.4) is 0 Å². The summed E-state index contributed by atoms with van der Waals surface area (Å²) >= 11 is 0. The minimum Gasteiger partial charge on any atom is -0.359 e. The van der Waals surface area contributed by atoms with Crippen molar-refractivity contribution in [2.24, 2.45) is 0 Å². The van der Waals surface area contributed by atoms with Gasteiger partial charge in [-0.3, -0.25) is 9.88 Å². The highest BCUT2D eigenvalue weighted by Gasteiger charge is 2.48. The molecule has 3 aromatic rings. The highest BCUT2D eigenvalue weighted by Crippen LogP contribution is 2.43. The second-order valence-electron chi connectivity index (χ2n) is 6.10. The number of benzene rings is 1. The van der Waals surface area contributed by atoms with Crippen molar-refractivity contribution >= 4 is 28.3 Å². The Morgan fingerprint density at radius 2 is 2.00 bits per heavy atom. The summed E-state index contributed by atoms with van der Waals surface area (Å²) in [5, 5.41) is 0.539. The second kappa shape index (κ2) is 5.84. The summed E-state index contributed by atoms with van der Waals surface area (Å²) in [5.74, 6) is -1.89. The number of hydrogen-bond donors (Lipinski definition) is 1. The Bertz CT molecular complexity index is 908. The van der Waals surface area contributed by atoms with Crippen molar-refractivity contribution in [2.75, 3.05) is 10.0 Å². The fourth-order valence-electron chi connectivity index (χ4n) is 3.10. The number of alkyl halides is 1. The van der Waals surface area contributed by atoms with E-state index in [9.17, 15) is 9.28 Å². The lowest BCUT2D eigenvalue weighted by atomic mass is 9.88. The van der Waals surface area contributed by atoms with Crippen LogP contribution in [0.4, 0.5) is 25.0 Å². The molecule has 4 rings (SSSR count). The van der Waals surface area contributed by atoms with Crippen LogP contribution in [0.2, 0.25) is 0 Å². The molecule has 1 aromatic carbocycles. The molecule has 0 unspecified atom stereocenters. The van der Waals surface area contributed by atoms with Gasteiger partial charge >= 0.3 is 6.03 Å². The van der Waals surface area contributed by atoms with Crippen LogP contribution in [-0.2, 0) is 0 Å². The molecule has 2 heterocycles. The summed E-state index contributed by atoms with van der Waals surface area (Å²) in [5.41, 5.74) is 0.981. The van der Waals surface area contributed by atoms with Gasteiger partial charge in [-0.05, 0) is 24.6 Å². The Morgan fingerprint density at radius 3 is 2.68 bits per heavy atom. The number of para-hydroxylation sites is 1. The Hall–Kier alpha value is -2.96. The van der Waals surface area contributed by atoms with Crippen LogP contribution in [-0.4, -0.2) is 21.8 Å². The number of rotatable bonds is 3. The predicted octanol–water partition coefficient (Wildman–Crippen LogP) is 4.73. The van der Waals surface area contributed by atoms with E-state index in [0.29, 0.717) is 17.3 Å². The fourth-order valence-corrected chi connectivity index (χ4v) is 3.10. The normalized spacial score (nSPS) is 15.6. The molecular formula is C18H16F2N4O. The molecule has 1 aliphatic rings. The Morgan fingerprint density at radius 1 is 1.20 bits per heavy atom. The van der Waals surface area contributed by atoms with Crippen LogP contribution in [0.5, 0.6) is 0 Å². The number of carbonyl (C=O) groups excluding carboxylic acids is 1. The van der Waals surface area contributed by atoms with E-state index in [4.69, 9.17) is 0 Å². The number of urea groups is 1. The smallest absolute Gasteiger partial charge is 0.359 e. The van der Waals surface area contributed by atoms with Crippen molar-refractivity contribution in [3.05, 3.63) is 55.0 Å². The lowest BCUT2D eigenvalue weighted by Gasteiger charge is -2.43. The predicted molar refractivity (Wildman–Crippen MR) is 91.7 cm³/mol. The van der Waals surface area contributed by atoms with E-state index in [-0.39, 0.29) is 29.3 Å². The number of nitrogens with zero attached hydrogens (tertiary/aromatic N) is 3. The molecule has 0 radical (unpaired) electrons. The van der Waals surface area contributed by atoms with Crippen LogP contribution < -0.4 is 10.0 Å². The molecule has 128 valence electrons. The second-order valence-corrected chi connectivity index (χ2v) is 6.10. The molecule has 0 bridgehead atoms. The van der Waals surface area contributed by atoms with Gasteiger partial charge in [-0.25, -0.2) is 9.18 Å². The summed E-state index contributed by atoms with van der Waals surface area (Å²) in [6, 6.07) is 9.10. The lowest BCUT2D eigenvalue weighted by Crippen LogP contribution is -2.56. The van der Waals surface area contributed by atoms with Gasteiger partial charge in [-0.1, -0.05) is 22.7 Å². The summed E-state index contributed by atoms with van der Waals surface area (Å²) in [6.07, 6.45) is 5.28. The van der Waals surface area contributed by atoms with Crippen molar-refractivity contribution in [3.8, 4) is 0 Å². The molecule has 1 aliphatic carbocycles. The van der Waals surface area contributed by atoms with Crippen molar-refractivity contribution in [3.63, 3.8) is 0 Å². The number of hydrogen-bond acceptors (Lipinski definition) is 2. The number of H-pyrrole nitrogens is 1. The highest BCUT2D eigenvalue weighted by atomic mass is 19.2. The van der Waals surface area contributed by atoms with Crippen molar-refractivity contribution in [2.45, 2.75) is 25.1 Å². The third kappa shape index (κ3) is 2.52. The summed E-state index contributed by atoms with van der Waals surface area (Å²) in [6.45, 7) is 0. The number of pyridine rings is 1. The average Bonchev–Trinajstić information content (AvgIpc) is 3.04. The molecule has 7 heteroatoms. The van der Waals surface area contributed by atoms with Crippen LogP contribution >= 0.6 is 0 Å². The molecule has 0 saturated heterocycles. The van der Waals surface area contributed by atoms with Gasteiger partial charge in [0.15, 0.2) is 5.79 Å². The number of nitrogens with one attached hydrogen (secondary N) is 1. The fraction of sp³-hybridized carbons (Fsp3) is 0.222. The van der Waals surface area contributed by atoms with Gasteiger partial charge in [-0.15, -0.1) is 5.12 Å². The molecule has 1 saturated carbocycles. The number of aromatic nitrogens is 2. The van der Waals surface area contributed by atoms with Crippen molar-refractivity contribution in [1.82, 2.24) is 9.97 Å². The lowest BCUT2D eigenvalue weighted by molar-refractivity contribution is 0.0655. The van der Waals surface area contributed by atoms with Gasteiger partial charge in [-0.2, -0.15) is 0 Å². The number of halogens is 2. The Labute approximate surface area is 142 Å². The number of fused-ring (bicyclic) bond motifs is 1. The van der Waals surface area contributed by atoms with Gasteiger partial charge < -0.3 is 4.98 Å². The SMILES string of the molecule is O=C(N(F)c1c[nH]c2ccccc12)N(c1cccnc1)C1(F)CCC1. The third-order valence-electron chi connectivity index (χ3n) is 4.56. The van der Waals surface area contributed by atoms with Crippen LogP contribution in [0.1, 0.15) is 19.3 Å². The molecule has 0 spiro atoms. The third-order valence-corrected chi connectivity index (χ3v) is 4.56. The van der Waals surface area contributed by atoms with E-state index in [1.165, 1.54) is 18.6 Å². The topological polar surface area (TPSA) is 52.2 Å².